The van der Waals surface area contributed by atoms with E-state index in [9.17, 15) is 4.79 Å². The first-order valence-corrected chi connectivity index (χ1v) is 13.6. The maximum atomic E-state index is 10.9. The molecule has 0 aromatic rings. The Morgan fingerprint density at radius 2 is 1.76 bits per heavy atom. The molecule has 1 aliphatic carbocycles. The first kappa shape index (κ1) is 29.5. The Hall–Kier alpha value is -1.51. The van der Waals surface area contributed by atoms with Crippen molar-refractivity contribution >= 4 is 5.97 Å². The van der Waals surface area contributed by atoms with E-state index in [1.165, 1.54) is 61.0 Å². The van der Waals surface area contributed by atoms with E-state index in [1.807, 2.05) is 0 Å². The van der Waals surface area contributed by atoms with Gasteiger partial charge in [0.15, 0.2) is 0 Å². The highest BCUT2D eigenvalue weighted by molar-refractivity contribution is 5.69. The van der Waals surface area contributed by atoms with Crippen molar-refractivity contribution in [2.75, 3.05) is 6.61 Å². The number of carbonyl (C=O) groups is 1. The van der Waals surface area contributed by atoms with E-state index in [2.05, 4.69) is 53.7 Å². The average molecular weight is 461 g/mol. The fourth-order valence-corrected chi connectivity index (χ4v) is 4.67. The van der Waals surface area contributed by atoms with Crippen LogP contribution >= 0.6 is 0 Å². The second-order valence-electron chi connectivity index (χ2n) is 10.8. The topological polar surface area (TPSA) is 46.5 Å². The summed E-state index contributed by atoms with van der Waals surface area (Å²) >= 11 is 0. The van der Waals surface area contributed by atoms with Crippen LogP contribution in [0.15, 0.2) is 34.6 Å². The fraction of sp³-hybridized carbons (Fsp3) is 0.767. The molecule has 0 aliphatic heterocycles. The van der Waals surface area contributed by atoms with E-state index < -0.39 is 5.97 Å². The van der Waals surface area contributed by atoms with Crippen molar-refractivity contribution in [1.29, 1.82) is 0 Å². The normalized spacial score (nSPS) is 19.8. The molecule has 0 bridgehead atoms. The number of aliphatic carboxylic acids is 1. The molecule has 0 fully saturated rings. The third-order valence-electron chi connectivity index (χ3n) is 7.48. The Balaban J connectivity index is 2.21. The SMILES string of the molecule is CCOC1=C(C)C(C)CC=C1CCC(C)CCCC(C)CCCC(C)=CCCC(C)C(=O)O. The third kappa shape index (κ3) is 12.0. The van der Waals surface area contributed by atoms with Crippen molar-refractivity contribution in [3.8, 4) is 0 Å². The Morgan fingerprint density at radius 1 is 1.12 bits per heavy atom. The molecule has 4 unspecified atom stereocenters. The van der Waals surface area contributed by atoms with Crippen LogP contribution in [0.4, 0.5) is 0 Å². The molecule has 0 spiro atoms. The van der Waals surface area contributed by atoms with Gasteiger partial charge in [-0.1, -0.05) is 71.1 Å². The Labute approximate surface area is 204 Å². The molecule has 190 valence electrons. The lowest BCUT2D eigenvalue weighted by Crippen LogP contribution is -2.11. The smallest absolute Gasteiger partial charge is 0.306 e. The summed E-state index contributed by atoms with van der Waals surface area (Å²) < 4.78 is 6.00. The minimum atomic E-state index is -0.688. The van der Waals surface area contributed by atoms with Gasteiger partial charge in [0, 0.05) is 0 Å². The zero-order valence-electron chi connectivity index (χ0n) is 22.7. The number of hydrogen-bond acceptors (Lipinski definition) is 2. The fourth-order valence-electron chi connectivity index (χ4n) is 4.67. The van der Waals surface area contributed by atoms with Gasteiger partial charge in [0.2, 0.25) is 0 Å². The van der Waals surface area contributed by atoms with Crippen LogP contribution in [-0.2, 0) is 9.53 Å². The minimum Gasteiger partial charge on any atom is -0.494 e. The molecule has 33 heavy (non-hydrogen) atoms. The van der Waals surface area contributed by atoms with Gasteiger partial charge in [0.1, 0.15) is 5.76 Å². The molecule has 1 N–H and O–H groups in total. The molecule has 0 amide bonds. The van der Waals surface area contributed by atoms with Gasteiger partial charge in [-0.2, -0.15) is 0 Å². The average Bonchev–Trinajstić information content (AvgIpc) is 2.76. The molecule has 0 heterocycles. The first-order valence-electron chi connectivity index (χ1n) is 13.6. The Morgan fingerprint density at radius 3 is 2.39 bits per heavy atom. The molecular weight excluding hydrogens is 408 g/mol. The molecular formula is C30H52O3. The summed E-state index contributed by atoms with van der Waals surface area (Å²) in [6, 6.07) is 0. The molecule has 0 saturated carbocycles. The molecule has 3 nitrogen and oxygen atoms in total. The van der Waals surface area contributed by atoms with E-state index in [1.54, 1.807) is 6.92 Å². The largest absolute Gasteiger partial charge is 0.494 e. The van der Waals surface area contributed by atoms with Crippen molar-refractivity contribution in [3.05, 3.63) is 34.6 Å². The van der Waals surface area contributed by atoms with Crippen LogP contribution < -0.4 is 0 Å². The van der Waals surface area contributed by atoms with Gasteiger partial charge in [-0.25, -0.2) is 0 Å². The van der Waals surface area contributed by atoms with Gasteiger partial charge >= 0.3 is 5.97 Å². The van der Waals surface area contributed by atoms with Crippen LogP contribution in [0, 0.1) is 23.7 Å². The number of carboxylic acid groups (broad SMARTS) is 1. The summed E-state index contributed by atoms with van der Waals surface area (Å²) in [5.74, 6) is 2.40. The van der Waals surface area contributed by atoms with Crippen molar-refractivity contribution in [3.63, 3.8) is 0 Å². The molecule has 0 radical (unpaired) electrons. The molecule has 1 rings (SSSR count). The summed E-state index contributed by atoms with van der Waals surface area (Å²) in [7, 11) is 0. The maximum absolute atomic E-state index is 10.9. The molecule has 0 saturated heterocycles. The van der Waals surface area contributed by atoms with Crippen LogP contribution in [0.2, 0.25) is 0 Å². The molecule has 4 atom stereocenters. The highest BCUT2D eigenvalue weighted by atomic mass is 16.5. The van der Waals surface area contributed by atoms with Crippen LogP contribution in [-0.4, -0.2) is 17.7 Å². The van der Waals surface area contributed by atoms with E-state index in [0.29, 0.717) is 5.92 Å². The van der Waals surface area contributed by atoms with Gasteiger partial charge in [-0.3, -0.25) is 4.79 Å². The van der Waals surface area contributed by atoms with E-state index >= 15 is 0 Å². The standard InChI is InChI=1S/C30H52O3/c1-8-33-29-27(7)25(5)19-21-28(29)20-18-24(4)15-10-14-22(2)12-9-13-23(3)16-11-17-26(6)30(31)32/h16,21-22,24-26H,8-15,17-20H2,1-7H3,(H,31,32). The second kappa shape index (κ2) is 16.2. The van der Waals surface area contributed by atoms with Crippen LogP contribution in [0.25, 0.3) is 0 Å². The second-order valence-corrected chi connectivity index (χ2v) is 10.8. The maximum Gasteiger partial charge on any atom is 0.306 e. The first-order chi connectivity index (χ1) is 15.6. The molecule has 1 aliphatic rings. The van der Waals surface area contributed by atoms with Gasteiger partial charge in [0.25, 0.3) is 0 Å². The number of hydrogen-bond donors (Lipinski definition) is 1. The lowest BCUT2D eigenvalue weighted by molar-refractivity contribution is -0.141. The van der Waals surface area contributed by atoms with Crippen molar-refractivity contribution in [2.24, 2.45) is 23.7 Å². The van der Waals surface area contributed by atoms with Crippen molar-refractivity contribution < 1.29 is 14.6 Å². The predicted octanol–water partition coefficient (Wildman–Crippen LogP) is 9.10. The predicted molar refractivity (Wildman–Crippen MR) is 141 cm³/mol. The van der Waals surface area contributed by atoms with Gasteiger partial charge < -0.3 is 9.84 Å². The third-order valence-corrected chi connectivity index (χ3v) is 7.48. The molecule has 0 aromatic heterocycles. The summed E-state index contributed by atoms with van der Waals surface area (Å²) in [5.41, 5.74) is 4.28. The van der Waals surface area contributed by atoms with Crippen LogP contribution in [0.3, 0.4) is 0 Å². The van der Waals surface area contributed by atoms with Crippen molar-refractivity contribution in [1.82, 2.24) is 0 Å². The molecule has 3 heteroatoms. The number of carboxylic acids is 1. The van der Waals surface area contributed by atoms with Crippen LogP contribution in [0.1, 0.15) is 119 Å². The molecule has 0 aromatic carbocycles. The zero-order chi connectivity index (χ0) is 24.8. The minimum absolute atomic E-state index is 0.244. The quantitative estimate of drug-likeness (QED) is 0.220. The van der Waals surface area contributed by atoms with E-state index in [4.69, 9.17) is 9.84 Å². The van der Waals surface area contributed by atoms with Gasteiger partial charge in [-0.15, -0.1) is 0 Å². The van der Waals surface area contributed by atoms with Gasteiger partial charge in [0.05, 0.1) is 12.5 Å². The highest BCUT2D eigenvalue weighted by Gasteiger charge is 2.20. The summed E-state index contributed by atoms with van der Waals surface area (Å²) in [5, 5.41) is 8.96. The van der Waals surface area contributed by atoms with Crippen LogP contribution in [0.5, 0.6) is 0 Å². The zero-order valence-corrected chi connectivity index (χ0v) is 22.7. The number of rotatable bonds is 17. The summed E-state index contributed by atoms with van der Waals surface area (Å²) in [4.78, 5) is 10.9. The number of allylic oxidation sites excluding steroid dienone is 5. The summed E-state index contributed by atoms with van der Waals surface area (Å²) in [6.45, 7) is 16.2. The Bertz CT molecular complexity index is 670. The lowest BCUT2D eigenvalue weighted by atomic mass is 9.86. The number of ether oxygens (including phenoxy) is 1. The van der Waals surface area contributed by atoms with E-state index in [-0.39, 0.29) is 5.92 Å². The summed E-state index contributed by atoms with van der Waals surface area (Å²) in [6.07, 6.45) is 17.5. The van der Waals surface area contributed by atoms with Gasteiger partial charge in [-0.05, 0) is 94.6 Å². The Kier molecular flexibility index (Phi) is 14.5. The lowest BCUT2D eigenvalue weighted by Gasteiger charge is -2.25. The highest BCUT2D eigenvalue weighted by Crippen LogP contribution is 2.34. The van der Waals surface area contributed by atoms with Crippen molar-refractivity contribution in [2.45, 2.75) is 119 Å². The monoisotopic (exact) mass is 460 g/mol. The van der Waals surface area contributed by atoms with E-state index in [0.717, 1.165) is 50.5 Å².